The minimum absolute atomic E-state index is 0.144. The zero-order chi connectivity index (χ0) is 17.3. The largest absolute Gasteiger partial charge is 0.480 e. The molecular formula is C17H18ClNO5. The SMILES string of the molecule is Cc1c(C(=O)N(CC(=O)O)C2CCOCC2)oc2c(Cl)cccc12. The third-order valence-electron chi connectivity index (χ3n) is 4.31. The van der Waals surface area contributed by atoms with Crippen molar-refractivity contribution in [2.45, 2.75) is 25.8 Å². The number of fused-ring (bicyclic) bond motifs is 1. The average molecular weight is 352 g/mol. The number of aliphatic carboxylic acids is 1. The first kappa shape index (κ1) is 16.8. The van der Waals surface area contributed by atoms with Crippen LogP contribution in [0.4, 0.5) is 0 Å². The molecule has 1 aliphatic rings. The third kappa shape index (κ3) is 3.12. The molecule has 0 atom stereocenters. The quantitative estimate of drug-likeness (QED) is 0.915. The summed E-state index contributed by atoms with van der Waals surface area (Å²) in [5.41, 5.74) is 1.11. The molecule has 1 aromatic carbocycles. The van der Waals surface area contributed by atoms with Crippen molar-refractivity contribution in [3.63, 3.8) is 0 Å². The maximum absolute atomic E-state index is 13.0. The molecule has 0 aliphatic carbocycles. The van der Waals surface area contributed by atoms with Crippen LogP contribution >= 0.6 is 11.6 Å². The number of carbonyl (C=O) groups is 2. The lowest BCUT2D eigenvalue weighted by atomic mass is 10.1. The summed E-state index contributed by atoms with van der Waals surface area (Å²) >= 11 is 6.13. The summed E-state index contributed by atoms with van der Waals surface area (Å²) in [5, 5.41) is 10.4. The number of benzene rings is 1. The second-order valence-corrected chi connectivity index (χ2v) is 6.25. The molecule has 1 aliphatic heterocycles. The Morgan fingerprint density at radius 2 is 2.04 bits per heavy atom. The van der Waals surface area contributed by atoms with Gasteiger partial charge in [-0.15, -0.1) is 0 Å². The summed E-state index contributed by atoms with van der Waals surface area (Å²) in [6.07, 6.45) is 1.22. The molecular weight excluding hydrogens is 334 g/mol. The summed E-state index contributed by atoms with van der Waals surface area (Å²) in [6.45, 7) is 2.43. The fourth-order valence-corrected chi connectivity index (χ4v) is 3.27. The normalized spacial score (nSPS) is 15.6. The van der Waals surface area contributed by atoms with E-state index in [1.807, 2.05) is 6.07 Å². The van der Waals surface area contributed by atoms with Crippen LogP contribution in [0.5, 0.6) is 0 Å². The van der Waals surface area contributed by atoms with Crippen LogP contribution in [0.2, 0.25) is 5.02 Å². The number of carboxylic acid groups (broad SMARTS) is 1. The average Bonchev–Trinajstić information content (AvgIpc) is 2.91. The minimum Gasteiger partial charge on any atom is -0.480 e. The molecule has 7 heteroatoms. The van der Waals surface area contributed by atoms with Crippen LogP contribution in [0, 0.1) is 6.92 Å². The van der Waals surface area contributed by atoms with Gasteiger partial charge in [-0.1, -0.05) is 23.7 Å². The first-order valence-corrected chi connectivity index (χ1v) is 8.15. The van der Waals surface area contributed by atoms with Gasteiger partial charge in [-0.2, -0.15) is 0 Å². The van der Waals surface area contributed by atoms with E-state index in [0.717, 1.165) is 5.39 Å². The first-order valence-electron chi connectivity index (χ1n) is 7.77. The molecule has 0 unspecified atom stereocenters. The monoisotopic (exact) mass is 351 g/mol. The zero-order valence-electron chi connectivity index (χ0n) is 13.3. The highest BCUT2D eigenvalue weighted by atomic mass is 35.5. The van der Waals surface area contributed by atoms with Gasteiger partial charge in [-0.25, -0.2) is 0 Å². The lowest BCUT2D eigenvalue weighted by Gasteiger charge is -2.32. The van der Waals surface area contributed by atoms with Crippen molar-refractivity contribution in [1.82, 2.24) is 4.90 Å². The molecule has 3 rings (SSSR count). The molecule has 2 aromatic rings. The Morgan fingerprint density at radius 3 is 2.67 bits per heavy atom. The Balaban J connectivity index is 1.99. The summed E-state index contributed by atoms with van der Waals surface area (Å²) < 4.78 is 11.0. The van der Waals surface area contributed by atoms with Gasteiger partial charge in [-0.3, -0.25) is 9.59 Å². The number of carboxylic acids is 1. The molecule has 1 saturated heterocycles. The summed E-state index contributed by atoms with van der Waals surface area (Å²) in [7, 11) is 0. The summed E-state index contributed by atoms with van der Waals surface area (Å²) in [5.74, 6) is -1.33. The van der Waals surface area contributed by atoms with Crippen molar-refractivity contribution in [3.05, 3.63) is 34.5 Å². The molecule has 0 radical (unpaired) electrons. The lowest BCUT2D eigenvalue weighted by molar-refractivity contribution is -0.138. The van der Waals surface area contributed by atoms with Crippen LogP contribution in [0.1, 0.15) is 29.0 Å². The maximum Gasteiger partial charge on any atom is 0.323 e. The second kappa shape index (κ2) is 6.83. The molecule has 128 valence electrons. The van der Waals surface area contributed by atoms with Gasteiger partial charge in [0.15, 0.2) is 11.3 Å². The number of aryl methyl sites for hydroxylation is 1. The number of furan rings is 1. The van der Waals surface area contributed by atoms with Gasteiger partial charge in [0, 0.05) is 30.2 Å². The van der Waals surface area contributed by atoms with Crippen LogP contribution in [0.15, 0.2) is 22.6 Å². The fourth-order valence-electron chi connectivity index (χ4n) is 3.05. The van der Waals surface area contributed by atoms with E-state index in [-0.39, 0.29) is 18.3 Å². The van der Waals surface area contributed by atoms with E-state index in [9.17, 15) is 14.7 Å². The lowest BCUT2D eigenvalue weighted by Crippen LogP contribution is -2.46. The van der Waals surface area contributed by atoms with Crippen LogP contribution in [0.25, 0.3) is 11.0 Å². The van der Waals surface area contributed by atoms with Crippen molar-refractivity contribution < 1.29 is 23.8 Å². The van der Waals surface area contributed by atoms with Gasteiger partial charge in [0.1, 0.15) is 6.54 Å². The number of halogens is 1. The Bertz CT molecular complexity index is 779. The molecule has 0 bridgehead atoms. The predicted octanol–water partition coefficient (Wildman–Crippen LogP) is 3.10. The van der Waals surface area contributed by atoms with Crippen LogP contribution < -0.4 is 0 Å². The summed E-state index contributed by atoms with van der Waals surface area (Å²) in [4.78, 5) is 25.6. The highest BCUT2D eigenvalue weighted by Crippen LogP contribution is 2.32. The van der Waals surface area contributed by atoms with E-state index in [0.29, 0.717) is 42.2 Å². The Hall–Kier alpha value is -2.05. The highest BCUT2D eigenvalue weighted by molar-refractivity contribution is 6.35. The molecule has 1 aromatic heterocycles. The number of hydrogen-bond donors (Lipinski definition) is 1. The minimum atomic E-state index is -1.05. The van der Waals surface area contributed by atoms with Crippen molar-refractivity contribution in [1.29, 1.82) is 0 Å². The van der Waals surface area contributed by atoms with Crippen molar-refractivity contribution in [2.75, 3.05) is 19.8 Å². The van der Waals surface area contributed by atoms with Crippen LogP contribution in [-0.2, 0) is 9.53 Å². The van der Waals surface area contributed by atoms with Crippen molar-refractivity contribution >= 4 is 34.4 Å². The molecule has 0 saturated carbocycles. The number of para-hydroxylation sites is 1. The Morgan fingerprint density at radius 1 is 1.33 bits per heavy atom. The van der Waals surface area contributed by atoms with E-state index in [1.165, 1.54) is 4.90 Å². The number of rotatable bonds is 4. The number of carbonyl (C=O) groups excluding carboxylic acids is 1. The van der Waals surface area contributed by atoms with Crippen LogP contribution in [0.3, 0.4) is 0 Å². The van der Waals surface area contributed by atoms with E-state index >= 15 is 0 Å². The van der Waals surface area contributed by atoms with E-state index in [4.69, 9.17) is 20.8 Å². The predicted molar refractivity (Wildman–Crippen MR) is 88.5 cm³/mol. The summed E-state index contributed by atoms with van der Waals surface area (Å²) in [6, 6.07) is 5.13. The van der Waals surface area contributed by atoms with Crippen molar-refractivity contribution in [2.24, 2.45) is 0 Å². The van der Waals surface area contributed by atoms with Crippen molar-refractivity contribution in [3.8, 4) is 0 Å². The third-order valence-corrected chi connectivity index (χ3v) is 4.61. The standard InChI is InChI=1S/C17H18ClNO5/c1-10-12-3-2-4-13(18)16(12)24-15(10)17(22)19(9-14(20)21)11-5-7-23-8-6-11/h2-4,11H,5-9H2,1H3,(H,20,21). The topological polar surface area (TPSA) is 80.0 Å². The van der Waals surface area contributed by atoms with E-state index in [2.05, 4.69) is 0 Å². The van der Waals surface area contributed by atoms with E-state index in [1.54, 1.807) is 19.1 Å². The number of hydrogen-bond acceptors (Lipinski definition) is 4. The number of amides is 1. The fraction of sp³-hybridized carbons (Fsp3) is 0.412. The number of nitrogens with zero attached hydrogens (tertiary/aromatic N) is 1. The molecule has 1 N–H and O–H groups in total. The molecule has 1 amide bonds. The molecule has 6 nitrogen and oxygen atoms in total. The number of ether oxygens (including phenoxy) is 1. The van der Waals surface area contributed by atoms with Crippen LogP contribution in [-0.4, -0.2) is 47.7 Å². The molecule has 24 heavy (non-hydrogen) atoms. The first-order chi connectivity index (χ1) is 11.5. The Labute approximate surface area is 143 Å². The zero-order valence-corrected chi connectivity index (χ0v) is 14.0. The Kier molecular flexibility index (Phi) is 4.78. The molecule has 0 spiro atoms. The van der Waals surface area contributed by atoms with Gasteiger partial charge >= 0.3 is 5.97 Å². The smallest absolute Gasteiger partial charge is 0.323 e. The van der Waals surface area contributed by atoms with Gasteiger partial charge in [0.05, 0.1) is 5.02 Å². The van der Waals surface area contributed by atoms with E-state index < -0.39 is 11.9 Å². The molecule has 1 fully saturated rings. The van der Waals surface area contributed by atoms with Gasteiger partial charge in [0.2, 0.25) is 0 Å². The van der Waals surface area contributed by atoms with Gasteiger partial charge < -0.3 is 19.2 Å². The van der Waals surface area contributed by atoms with Gasteiger partial charge in [0.25, 0.3) is 5.91 Å². The maximum atomic E-state index is 13.0. The molecule has 2 heterocycles. The second-order valence-electron chi connectivity index (χ2n) is 5.84. The van der Waals surface area contributed by atoms with Gasteiger partial charge in [-0.05, 0) is 25.8 Å². The highest BCUT2D eigenvalue weighted by Gasteiger charge is 2.31.